The topological polar surface area (TPSA) is 174 Å². The van der Waals surface area contributed by atoms with Crippen molar-refractivity contribution < 1.29 is 54.4 Å². The highest BCUT2D eigenvalue weighted by atomic mass is 32.2. The highest BCUT2D eigenvalue weighted by Gasteiger charge is 2.41. The third-order valence-electron chi connectivity index (χ3n) is 7.05. The first-order valence-electron chi connectivity index (χ1n) is 15.4. The van der Waals surface area contributed by atoms with Crippen LogP contribution >= 0.6 is 0 Å². The fourth-order valence-corrected chi connectivity index (χ4v) is 5.47. The van der Waals surface area contributed by atoms with E-state index < -0.39 is 63.9 Å². The zero-order chi connectivity index (χ0) is 38.0. The molecule has 0 spiro atoms. The Balaban J connectivity index is 1.79. The van der Waals surface area contributed by atoms with E-state index in [9.17, 15) is 41.5 Å². The Morgan fingerprint density at radius 1 is 0.882 bits per heavy atom. The third-order valence-corrected chi connectivity index (χ3v) is 8.38. The molecule has 0 saturated carbocycles. The van der Waals surface area contributed by atoms with Crippen LogP contribution in [0.2, 0.25) is 0 Å². The first-order valence-corrected chi connectivity index (χ1v) is 16.8. The number of benzene rings is 3. The fraction of sp³-hybridized carbons (Fsp3) is 0.382. The first kappa shape index (κ1) is 40.3. The number of hydrogen-bond donors (Lipinski definition) is 0. The molecule has 13 nitrogen and oxygen atoms in total. The molecule has 0 fully saturated rings. The van der Waals surface area contributed by atoms with Crippen LogP contribution in [0.25, 0.3) is 10.4 Å². The fourth-order valence-electron chi connectivity index (χ4n) is 4.57. The number of nitrogens with zero attached hydrogens (tertiary/aromatic N) is 4. The average Bonchev–Trinajstić information content (AvgIpc) is 3.05. The summed E-state index contributed by atoms with van der Waals surface area (Å²) in [6.45, 7) is 5.96. The average molecular weight is 735 g/mol. The molecule has 0 aromatic heterocycles. The normalized spacial score (nSPS) is 12.9. The van der Waals surface area contributed by atoms with E-state index in [1.54, 1.807) is 12.1 Å². The van der Waals surface area contributed by atoms with Gasteiger partial charge in [-0.05, 0) is 87.2 Å². The van der Waals surface area contributed by atoms with Gasteiger partial charge in [0.2, 0.25) is 5.91 Å². The maximum Gasteiger partial charge on any atom is 0.417 e. The number of carbonyl (C=O) groups is 3. The molecule has 17 heteroatoms. The Morgan fingerprint density at radius 2 is 1.45 bits per heavy atom. The number of halogens is 3. The molecule has 0 aliphatic heterocycles. The zero-order valence-electron chi connectivity index (χ0n) is 28.4. The molecule has 0 radical (unpaired) electrons. The standard InChI is InChI=1S/C34H37F3N4O9S/c1-22-6-16-27(17-7-22)51(45,46)49-19-18-48-26-14-10-23(11-15-26)20-28(39-40-38)30(42)41(32(44)50-33(2,3)4)29(31(43)47-5)21-24-8-12-25(13-9-24)34(35,36)37/h6-17,28-29H,18-21H2,1-5H3/t28-,29?/m0/s1. The van der Waals surface area contributed by atoms with Gasteiger partial charge in [-0.15, -0.1) is 0 Å². The molecular weight excluding hydrogens is 697 g/mol. The molecular formula is C34H37F3N4O9S. The molecule has 0 heterocycles. The van der Waals surface area contributed by atoms with E-state index in [1.165, 1.54) is 57.2 Å². The third kappa shape index (κ3) is 12.0. The van der Waals surface area contributed by atoms with Crippen molar-refractivity contribution in [2.24, 2.45) is 5.11 Å². The minimum Gasteiger partial charge on any atom is -0.491 e. The summed E-state index contributed by atoms with van der Waals surface area (Å²) in [5.41, 5.74) is 8.70. The maximum atomic E-state index is 14.0. The van der Waals surface area contributed by atoms with E-state index in [1.807, 2.05) is 6.92 Å². The molecule has 3 aromatic carbocycles. The highest BCUT2D eigenvalue weighted by molar-refractivity contribution is 7.86. The summed E-state index contributed by atoms with van der Waals surface area (Å²) in [4.78, 5) is 43.6. The van der Waals surface area contributed by atoms with Crippen molar-refractivity contribution >= 4 is 28.1 Å². The predicted octanol–water partition coefficient (Wildman–Crippen LogP) is 6.57. The molecule has 274 valence electrons. The van der Waals surface area contributed by atoms with Gasteiger partial charge in [-0.1, -0.05) is 47.1 Å². The van der Waals surface area contributed by atoms with Gasteiger partial charge < -0.3 is 14.2 Å². The number of alkyl halides is 3. The maximum absolute atomic E-state index is 14.0. The van der Waals surface area contributed by atoms with E-state index >= 15 is 0 Å². The summed E-state index contributed by atoms with van der Waals surface area (Å²) in [5, 5.41) is 3.57. The van der Waals surface area contributed by atoms with Crippen LogP contribution in [0, 0.1) is 6.92 Å². The summed E-state index contributed by atoms with van der Waals surface area (Å²) < 4.78 is 85.0. The Labute approximate surface area is 293 Å². The molecule has 3 aromatic rings. The molecule has 3 rings (SSSR count). The number of methoxy groups -OCH3 is 1. The molecule has 2 amide bonds. The number of hydrogen-bond acceptors (Lipinski definition) is 10. The van der Waals surface area contributed by atoms with E-state index in [-0.39, 0.29) is 30.1 Å². The van der Waals surface area contributed by atoms with Crippen molar-refractivity contribution in [2.45, 2.75) is 69.3 Å². The second-order valence-electron chi connectivity index (χ2n) is 12.1. The van der Waals surface area contributed by atoms with Gasteiger partial charge >= 0.3 is 18.2 Å². The number of aryl methyl sites for hydroxylation is 1. The van der Waals surface area contributed by atoms with Crippen LogP contribution in [0.5, 0.6) is 5.75 Å². The number of amides is 2. The Morgan fingerprint density at radius 3 is 1.98 bits per heavy atom. The monoisotopic (exact) mass is 734 g/mol. The van der Waals surface area contributed by atoms with Gasteiger partial charge in [0.15, 0.2) is 0 Å². The van der Waals surface area contributed by atoms with Crippen LogP contribution in [0.1, 0.15) is 43.0 Å². The van der Waals surface area contributed by atoms with Gasteiger partial charge in [0.05, 0.1) is 17.6 Å². The lowest BCUT2D eigenvalue weighted by Gasteiger charge is -2.32. The van der Waals surface area contributed by atoms with Crippen molar-refractivity contribution in [2.75, 3.05) is 20.3 Å². The Bertz CT molecular complexity index is 1820. The van der Waals surface area contributed by atoms with Gasteiger partial charge in [0.1, 0.15) is 36.6 Å². The molecule has 1 unspecified atom stereocenters. The van der Waals surface area contributed by atoms with Crippen molar-refractivity contribution in [3.05, 3.63) is 105 Å². The van der Waals surface area contributed by atoms with E-state index in [2.05, 4.69) is 10.0 Å². The number of esters is 1. The second kappa shape index (κ2) is 17.2. The van der Waals surface area contributed by atoms with Gasteiger partial charge in [-0.25, -0.2) is 14.5 Å². The smallest absolute Gasteiger partial charge is 0.417 e. The molecule has 0 aliphatic carbocycles. The van der Waals surface area contributed by atoms with Crippen LogP contribution in [0.3, 0.4) is 0 Å². The van der Waals surface area contributed by atoms with Crippen molar-refractivity contribution in [1.29, 1.82) is 0 Å². The first-order chi connectivity index (χ1) is 23.8. The van der Waals surface area contributed by atoms with Crippen molar-refractivity contribution in [3.63, 3.8) is 0 Å². The molecule has 0 saturated heterocycles. The molecule has 2 atom stereocenters. The van der Waals surface area contributed by atoms with Crippen LogP contribution in [-0.4, -0.2) is 69.3 Å². The summed E-state index contributed by atoms with van der Waals surface area (Å²) >= 11 is 0. The zero-order valence-corrected chi connectivity index (χ0v) is 29.2. The van der Waals surface area contributed by atoms with Crippen LogP contribution in [0.4, 0.5) is 18.0 Å². The van der Waals surface area contributed by atoms with Crippen molar-refractivity contribution in [3.8, 4) is 5.75 Å². The van der Waals surface area contributed by atoms with Gasteiger partial charge in [0.25, 0.3) is 10.1 Å². The van der Waals surface area contributed by atoms with E-state index in [0.717, 1.165) is 36.9 Å². The Kier molecular flexibility index (Phi) is 13.6. The van der Waals surface area contributed by atoms with Crippen LogP contribution in [-0.2, 0) is 52.4 Å². The Hall–Kier alpha value is -5.12. The SMILES string of the molecule is COC(=O)C(Cc1ccc(C(F)(F)F)cc1)N(C(=O)OC(C)(C)C)C(=O)[C@H](Cc1ccc(OCCOS(=O)(=O)c2ccc(C)cc2)cc1)N=[N+]=[N-]. The van der Waals surface area contributed by atoms with Crippen LogP contribution < -0.4 is 4.74 Å². The summed E-state index contributed by atoms with van der Waals surface area (Å²) in [7, 11) is -2.98. The summed E-state index contributed by atoms with van der Waals surface area (Å²) in [5.74, 6) is -1.89. The number of carbonyl (C=O) groups excluding carboxylic acids is 3. The van der Waals surface area contributed by atoms with E-state index in [4.69, 9.17) is 18.4 Å². The summed E-state index contributed by atoms with van der Waals surface area (Å²) in [6, 6.07) is 12.7. The van der Waals surface area contributed by atoms with Crippen LogP contribution in [0.15, 0.2) is 82.8 Å². The number of azide groups is 1. The summed E-state index contributed by atoms with van der Waals surface area (Å²) in [6.07, 6.45) is -6.59. The number of ether oxygens (including phenoxy) is 3. The molecule has 0 N–H and O–H groups in total. The second-order valence-corrected chi connectivity index (χ2v) is 13.7. The van der Waals surface area contributed by atoms with Gasteiger partial charge in [-0.3, -0.25) is 8.98 Å². The quantitative estimate of drug-likeness (QED) is 0.0443. The lowest BCUT2D eigenvalue weighted by atomic mass is 10.0. The molecule has 0 bridgehead atoms. The molecule has 0 aliphatic rings. The van der Waals surface area contributed by atoms with Gasteiger partial charge in [-0.2, -0.15) is 21.6 Å². The number of rotatable bonds is 14. The minimum atomic E-state index is -4.62. The lowest BCUT2D eigenvalue weighted by Crippen LogP contribution is -2.54. The highest BCUT2D eigenvalue weighted by Crippen LogP contribution is 2.30. The largest absolute Gasteiger partial charge is 0.491 e. The predicted molar refractivity (Wildman–Crippen MR) is 177 cm³/mol. The van der Waals surface area contributed by atoms with Gasteiger partial charge in [0, 0.05) is 11.3 Å². The van der Waals surface area contributed by atoms with E-state index in [0.29, 0.717) is 16.2 Å². The van der Waals surface area contributed by atoms with Crippen molar-refractivity contribution in [1.82, 2.24) is 4.90 Å². The minimum absolute atomic E-state index is 0.00399. The number of imide groups is 1. The lowest BCUT2D eigenvalue weighted by molar-refractivity contribution is -0.152. The molecule has 51 heavy (non-hydrogen) atoms.